The Labute approximate surface area is 153 Å². The SMILES string of the molecule is O=C1c2nn(Cc3ccc(F)cc3)c(=O)n2CCN1Cc1ccccc1F. The average molecular weight is 370 g/mol. The highest BCUT2D eigenvalue weighted by Crippen LogP contribution is 2.15. The lowest BCUT2D eigenvalue weighted by Gasteiger charge is -2.26. The van der Waals surface area contributed by atoms with Crippen LogP contribution in [0.2, 0.25) is 0 Å². The Morgan fingerprint density at radius 3 is 2.41 bits per heavy atom. The maximum Gasteiger partial charge on any atom is 0.346 e. The maximum absolute atomic E-state index is 13.9. The number of carbonyl (C=O) groups excluding carboxylic acids is 1. The molecule has 1 amide bonds. The van der Waals surface area contributed by atoms with E-state index in [0.717, 1.165) is 0 Å². The molecule has 0 N–H and O–H groups in total. The molecule has 138 valence electrons. The first-order valence-electron chi connectivity index (χ1n) is 8.47. The molecule has 0 atom stereocenters. The van der Waals surface area contributed by atoms with Gasteiger partial charge in [-0.3, -0.25) is 9.36 Å². The first-order valence-corrected chi connectivity index (χ1v) is 8.47. The van der Waals surface area contributed by atoms with Crippen molar-refractivity contribution in [1.82, 2.24) is 19.2 Å². The molecule has 27 heavy (non-hydrogen) atoms. The van der Waals surface area contributed by atoms with Crippen LogP contribution in [0.15, 0.2) is 53.3 Å². The van der Waals surface area contributed by atoms with E-state index in [0.29, 0.717) is 17.7 Å². The third kappa shape index (κ3) is 3.25. The molecule has 2 heterocycles. The largest absolute Gasteiger partial charge is 0.346 e. The standard InChI is InChI=1S/C19H16F2N4O2/c20-15-7-5-13(6-8-15)11-25-19(27)24-10-9-23(18(26)17(24)22-25)12-14-3-1-2-4-16(14)21/h1-8H,9-12H2. The number of hydrogen-bond donors (Lipinski definition) is 0. The molecule has 3 aromatic rings. The second-order valence-electron chi connectivity index (χ2n) is 6.36. The van der Waals surface area contributed by atoms with Gasteiger partial charge in [0.15, 0.2) is 0 Å². The van der Waals surface area contributed by atoms with E-state index in [1.54, 1.807) is 30.3 Å². The summed E-state index contributed by atoms with van der Waals surface area (Å²) < 4.78 is 29.4. The van der Waals surface area contributed by atoms with Crippen molar-refractivity contribution in [2.75, 3.05) is 6.54 Å². The molecule has 0 fully saturated rings. The zero-order chi connectivity index (χ0) is 19.0. The van der Waals surface area contributed by atoms with Gasteiger partial charge in [-0.15, -0.1) is 5.10 Å². The molecule has 1 aliphatic rings. The molecule has 0 bridgehead atoms. The van der Waals surface area contributed by atoms with Crippen molar-refractivity contribution < 1.29 is 13.6 Å². The number of halogens is 2. The molecular weight excluding hydrogens is 354 g/mol. The lowest BCUT2D eigenvalue weighted by molar-refractivity contribution is 0.0679. The van der Waals surface area contributed by atoms with Crippen molar-refractivity contribution in [2.24, 2.45) is 0 Å². The van der Waals surface area contributed by atoms with Crippen LogP contribution >= 0.6 is 0 Å². The van der Waals surface area contributed by atoms with Crippen molar-refractivity contribution >= 4 is 5.91 Å². The summed E-state index contributed by atoms with van der Waals surface area (Å²) >= 11 is 0. The van der Waals surface area contributed by atoms with E-state index in [1.807, 2.05) is 0 Å². The second-order valence-corrected chi connectivity index (χ2v) is 6.36. The van der Waals surface area contributed by atoms with E-state index in [9.17, 15) is 18.4 Å². The number of hydrogen-bond acceptors (Lipinski definition) is 3. The molecule has 0 radical (unpaired) electrons. The number of fused-ring (bicyclic) bond motifs is 1. The molecular formula is C19H16F2N4O2. The van der Waals surface area contributed by atoms with E-state index < -0.39 is 11.6 Å². The Morgan fingerprint density at radius 2 is 1.67 bits per heavy atom. The molecule has 0 aliphatic carbocycles. The van der Waals surface area contributed by atoms with Crippen molar-refractivity contribution in [1.29, 1.82) is 0 Å². The van der Waals surface area contributed by atoms with Gasteiger partial charge in [0.2, 0.25) is 5.82 Å². The lowest BCUT2D eigenvalue weighted by atomic mass is 10.2. The summed E-state index contributed by atoms with van der Waals surface area (Å²) in [7, 11) is 0. The summed E-state index contributed by atoms with van der Waals surface area (Å²) in [4.78, 5) is 26.7. The molecule has 2 aromatic carbocycles. The van der Waals surface area contributed by atoms with Gasteiger partial charge in [0, 0.05) is 25.2 Å². The number of amides is 1. The number of nitrogens with zero attached hydrogens (tertiary/aromatic N) is 4. The van der Waals surface area contributed by atoms with Gasteiger partial charge in [0.25, 0.3) is 5.91 Å². The Kier molecular flexibility index (Phi) is 4.31. The minimum absolute atomic E-state index is 0.0321. The molecule has 0 saturated carbocycles. The third-order valence-electron chi connectivity index (χ3n) is 4.56. The number of carbonyl (C=O) groups is 1. The van der Waals surface area contributed by atoms with Crippen LogP contribution in [0.3, 0.4) is 0 Å². The topological polar surface area (TPSA) is 60.1 Å². The van der Waals surface area contributed by atoms with Crippen LogP contribution in [0.25, 0.3) is 0 Å². The summed E-state index contributed by atoms with van der Waals surface area (Å²) in [6.07, 6.45) is 0. The minimum atomic E-state index is -0.417. The monoisotopic (exact) mass is 370 g/mol. The molecule has 8 heteroatoms. The van der Waals surface area contributed by atoms with Crippen LogP contribution in [0.1, 0.15) is 21.7 Å². The first kappa shape index (κ1) is 17.1. The summed E-state index contributed by atoms with van der Waals surface area (Å²) in [6, 6.07) is 12.0. The van der Waals surface area contributed by atoms with Gasteiger partial charge >= 0.3 is 5.69 Å². The predicted octanol–water partition coefficient (Wildman–Crippen LogP) is 2.03. The molecule has 0 unspecified atom stereocenters. The molecule has 6 nitrogen and oxygen atoms in total. The van der Waals surface area contributed by atoms with Crippen LogP contribution < -0.4 is 5.69 Å². The van der Waals surface area contributed by atoms with E-state index >= 15 is 0 Å². The highest BCUT2D eigenvalue weighted by molar-refractivity contribution is 5.91. The van der Waals surface area contributed by atoms with Crippen LogP contribution in [-0.4, -0.2) is 31.7 Å². The summed E-state index contributed by atoms with van der Waals surface area (Å²) in [5.74, 6) is -1.13. The Morgan fingerprint density at radius 1 is 0.926 bits per heavy atom. The fourth-order valence-electron chi connectivity index (χ4n) is 3.11. The smallest absolute Gasteiger partial charge is 0.330 e. The van der Waals surface area contributed by atoms with Gasteiger partial charge in [0.1, 0.15) is 11.6 Å². The van der Waals surface area contributed by atoms with Crippen molar-refractivity contribution in [2.45, 2.75) is 19.6 Å². The van der Waals surface area contributed by atoms with Gasteiger partial charge in [-0.05, 0) is 23.8 Å². The molecule has 0 spiro atoms. The van der Waals surface area contributed by atoms with E-state index in [1.165, 1.54) is 32.3 Å². The van der Waals surface area contributed by atoms with E-state index in [-0.39, 0.29) is 37.1 Å². The normalized spacial score (nSPS) is 13.7. The molecule has 0 saturated heterocycles. The highest BCUT2D eigenvalue weighted by atomic mass is 19.1. The first-order chi connectivity index (χ1) is 13.0. The van der Waals surface area contributed by atoms with Crippen LogP contribution in [0.4, 0.5) is 8.78 Å². The predicted molar refractivity (Wildman–Crippen MR) is 93.1 cm³/mol. The fourth-order valence-corrected chi connectivity index (χ4v) is 3.11. The maximum atomic E-state index is 13.9. The number of rotatable bonds is 4. The number of benzene rings is 2. The molecule has 4 rings (SSSR count). The van der Waals surface area contributed by atoms with Crippen molar-refractivity contribution in [3.05, 3.63) is 87.6 Å². The quantitative estimate of drug-likeness (QED) is 0.706. The minimum Gasteiger partial charge on any atom is -0.330 e. The van der Waals surface area contributed by atoms with E-state index in [2.05, 4.69) is 5.10 Å². The number of aromatic nitrogens is 3. The van der Waals surface area contributed by atoms with Gasteiger partial charge in [-0.2, -0.15) is 0 Å². The Bertz CT molecular complexity index is 1060. The Balaban J connectivity index is 1.58. The van der Waals surface area contributed by atoms with Crippen LogP contribution in [0.5, 0.6) is 0 Å². The summed E-state index contributed by atoms with van der Waals surface area (Å²) in [5, 5.41) is 4.15. The van der Waals surface area contributed by atoms with Gasteiger partial charge < -0.3 is 4.90 Å². The zero-order valence-corrected chi connectivity index (χ0v) is 14.3. The van der Waals surface area contributed by atoms with Crippen molar-refractivity contribution in [3.63, 3.8) is 0 Å². The molecule has 1 aliphatic heterocycles. The van der Waals surface area contributed by atoms with Gasteiger partial charge in [-0.1, -0.05) is 30.3 Å². The lowest BCUT2D eigenvalue weighted by Crippen LogP contribution is -2.42. The average Bonchev–Trinajstić information content (AvgIpc) is 2.98. The van der Waals surface area contributed by atoms with Crippen LogP contribution in [0, 0.1) is 11.6 Å². The highest BCUT2D eigenvalue weighted by Gasteiger charge is 2.30. The second kappa shape index (κ2) is 6.79. The summed E-state index contributed by atoms with van der Waals surface area (Å²) in [5.41, 5.74) is 0.713. The fraction of sp³-hybridized carbons (Fsp3) is 0.211. The van der Waals surface area contributed by atoms with Crippen LogP contribution in [-0.2, 0) is 19.6 Å². The zero-order valence-electron chi connectivity index (χ0n) is 14.3. The third-order valence-corrected chi connectivity index (χ3v) is 4.56. The van der Waals surface area contributed by atoms with E-state index in [4.69, 9.17) is 0 Å². The van der Waals surface area contributed by atoms with Gasteiger partial charge in [-0.25, -0.2) is 18.3 Å². The summed E-state index contributed by atoms with van der Waals surface area (Å²) in [6.45, 7) is 0.838. The van der Waals surface area contributed by atoms with Gasteiger partial charge in [0.05, 0.1) is 6.54 Å². The molecule has 1 aromatic heterocycles. The van der Waals surface area contributed by atoms with Crippen molar-refractivity contribution in [3.8, 4) is 0 Å². The Hall–Kier alpha value is -3.29.